The monoisotopic (exact) mass is 279 g/mol. The summed E-state index contributed by atoms with van der Waals surface area (Å²) in [5.74, 6) is -2.66. The Kier molecular flexibility index (Phi) is 4.37. The topological polar surface area (TPSA) is 66.4 Å². The number of amides is 1. The molecule has 2 atom stereocenters. The number of carbonyl (C=O) groups excluding carboxylic acids is 1. The molecule has 2 unspecified atom stereocenters. The zero-order valence-corrected chi connectivity index (χ0v) is 11.4. The third kappa shape index (κ3) is 3.15. The molecule has 1 aliphatic rings. The molecule has 0 heterocycles. The summed E-state index contributed by atoms with van der Waals surface area (Å²) in [5, 5.41) is 11.9. The van der Waals surface area contributed by atoms with Crippen LogP contribution in [0, 0.1) is 24.6 Å². The number of carboxylic acids is 1. The van der Waals surface area contributed by atoms with Crippen molar-refractivity contribution in [3.8, 4) is 0 Å². The van der Waals surface area contributed by atoms with Crippen molar-refractivity contribution in [1.82, 2.24) is 0 Å². The Hall–Kier alpha value is -1.91. The Morgan fingerprint density at radius 2 is 1.90 bits per heavy atom. The van der Waals surface area contributed by atoms with E-state index < -0.39 is 17.8 Å². The van der Waals surface area contributed by atoms with Crippen molar-refractivity contribution in [3.05, 3.63) is 29.6 Å². The summed E-state index contributed by atoms with van der Waals surface area (Å²) in [6.07, 6.45) is 2.83. The molecule has 1 fully saturated rings. The van der Waals surface area contributed by atoms with Gasteiger partial charge in [0, 0.05) is 5.69 Å². The van der Waals surface area contributed by atoms with Crippen LogP contribution >= 0.6 is 0 Å². The van der Waals surface area contributed by atoms with Crippen molar-refractivity contribution < 1.29 is 19.1 Å². The first-order chi connectivity index (χ1) is 9.49. The van der Waals surface area contributed by atoms with E-state index in [2.05, 4.69) is 5.32 Å². The number of carbonyl (C=O) groups is 2. The number of benzene rings is 1. The van der Waals surface area contributed by atoms with Gasteiger partial charge in [-0.3, -0.25) is 9.59 Å². The normalized spacial score (nSPS) is 22.3. The summed E-state index contributed by atoms with van der Waals surface area (Å²) >= 11 is 0. The van der Waals surface area contributed by atoms with Crippen molar-refractivity contribution >= 4 is 17.6 Å². The van der Waals surface area contributed by atoms with E-state index in [1.165, 1.54) is 12.1 Å². The molecule has 0 radical (unpaired) electrons. The highest BCUT2D eigenvalue weighted by Gasteiger charge is 2.35. The van der Waals surface area contributed by atoms with Gasteiger partial charge in [0.05, 0.1) is 11.8 Å². The molecular weight excluding hydrogens is 261 g/mol. The Bertz CT molecular complexity index is 530. The maximum absolute atomic E-state index is 13.2. The van der Waals surface area contributed by atoms with Gasteiger partial charge >= 0.3 is 5.97 Å². The van der Waals surface area contributed by atoms with Crippen LogP contribution in [-0.2, 0) is 9.59 Å². The lowest BCUT2D eigenvalue weighted by Crippen LogP contribution is -2.36. The van der Waals surface area contributed by atoms with E-state index in [0.29, 0.717) is 24.1 Å². The Balaban J connectivity index is 2.09. The van der Waals surface area contributed by atoms with Crippen LogP contribution in [0.1, 0.15) is 31.2 Å². The first kappa shape index (κ1) is 14.5. The summed E-state index contributed by atoms with van der Waals surface area (Å²) in [6.45, 7) is 1.62. The second-order valence-electron chi connectivity index (χ2n) is 5.29. The lowest BCUT2D eigenvalue weighted by atomic mass is 9.78. The number of hydrogen-bond acceptors (Lipinski definition) is 2. The average molecular weight is 279 g/mol. The minimum atomic E-state index is -0.917. The molecule has 1 aromatic carbocycles. The van der Waals surface area contributed by atoms with Gasteiger partial charge in [0.25, 0.3) is 0 Å². The number of nitrogens with one attached hydrogen (secondary N) is 1. The van der Waals surface area contributed by atoms with E-state index in [1.54, 1.807) is 13.0 Å². The minimum absolute atomic E-state index is 0.289. The third-order valence-corrected chi connectivity index (χ3v) is 3.85. The number of aliphatic carboxylic acids is 1. The summed E-state index contributed by atoms with van der Waals surface area (Å²) in [4.78, 5) is 23.4. The number of aryl methyl sites for hydroxylation is 1. The molecule has 1 amide bonds. The summed E-state index contributed by atoms with van der Waals surface area (Å²) in [5.41, 5.74) is 0.949. The SMILES string of the molecule is Cc1cc(NC(=O)C2CCCCC2C(=O)O)ccc1F. The first-order valence-electron chi connectivity index (χ1n) is 6.79. The van der Waals surface area contributed by atoms with E-state index in [4.69, 9.17) is 0 Å². The maximum atomic E-state index is 13.2. The van der Waals surface area contributed by atoms with Crippen LogP contribution in [-0.4, -0.2) is 17.0 Å². The van der Waals surface area contributed by atoms with Gasteiger partial charge in [-0.2, -0.15) is 0 Å². The number of carboxylic acid groups (broad SMARTS) is 1. The van der Waals surface area contributed by atoms with Crippen LogP contribution in [0.25, 0.3) is 0 Å². The number of halogens is 1. The lowest BCUT2D eigenvalue weighted by Gasteiger charge is -2.27. The number of anilines is 1. The van der Waals surface area contributed by atoms with Crippen molar-refractivity contribution in [2.45, 2.75) is 32.6 Å². The second kappa shape index (κ2) is 6.03. The zero-order valence-electron chi connectivity index (χ0n) is 11.4. The van der Waals surface area contributed by atoms with E-state index in [1.807, 2.05) is 0 Å². The zero-order chi connectivity index (χ0) is 14.7. The van der Waals surface area contributed by atoms with Gasteiger partial charge in [-0.15, -0.1) is 0 Å². The minimum Gasteiger partial charge on any atom is -0.481 e. The highest BCUT2D eigenvalue weighted by Crippen LogP contribution is 2.31. The molecule has 20 heavy (non-hydrogen) atoms. The molecule has 0 aromatic heterocycles. The van der Waals surface area contributed by atoms with Crippen LogP contribution in [0.5, 0.6) is 0 Å². The Labute approximate surface area is 117 Å². The fourth-order valence-electron chi connectivity index (χ4n) is 2.70. The van der Waals surface area contributed by atoms with Crippen LogP contribution in [0.4, 0.5) is 10.1 Å². The fraction of sp³-hybridized carbons (Fsp3) is 0.467. The highest BCUT2D eigenvalue weighted by atomic mass is 19.1. The van der Waals surface area contributed by atoms with E-state index in [0.717, 1.165) is 12.8 Å². The van der Waals surface area contributed by atoms with E-state index in [-0.39, 0.29) is 11.7 Å². The van der Waals surface area contributed by atoms with Gasteiger partial charge in [0.15, 0.2) is 0 Å². The molecule has 5 heteroatoms. The molecule has 2 N–H and O–H groups in total. The average Bonchev–Trinajstić information content (AvgIpc) is 2.43. The molecule has 1 saturated carbocycles. The Morgan fingerprint density at radius 1 is 1.25 bits per heavy atom. The smallest absolute Gasteiger partial charge is 0.307 e. The van der Waals surface area contributed by atoms with Crippen LogP contribution in [0.2, 0.25) is 0 Å². The van der Waals surface area contributed by atoms with Gasteiger partial charge in [0.2, 0.25) is 5.91 Å². The van der Waals surface area contributed by atoms with Crippen molar-refractivity contribution in [3.63, 3.8) is 0 Å². The molecule has 0 aliphatic heterocycles. The van der Waals surface area contributed by atoms with Crippen LogP contribution in [0.15, 0.2) is 18.2 Å². The maximum Gasteiger partial charge on any atom is 0.307 e. The second-order valence-corrected chi connectivity index (χ2v) is 5.29. The Morgan fingerprint density at radius 3 is 2.50 bits per heavy atom. The third-order valence-electron chi connectivity index (χ3n) is 3.85. The molecule has 108 valence electrons. The molecule has 1 aliphatic carbocycles. The van der Waals surface area contributed by atoms with Gasteiger partial charge in [-0.1, -0.05) is 12.8 Å². The molecule has 1 aromatic rings. The predicted octanol–water partition coefficient (Wildman–Crippen LogP) is 2.96. The van der Waals surface area contributed by atoms with Crippen molar-refractivity contribution in [2.24, 2.45) is 11.8 Å². The summed E-state index contributed by atoms with van der Waals surface area (Å²) in [7, 11) is 0. The molecule has 0 saturated heterocycles. The van der Waals surface area contributed by atoms with Crippen LogP contribution < -0.4 is 5.32 Å². The van der Waals surface area contributed by atoms with Crippen molar-refractivity contribution in [2.75, 3.05) is 5.32 Å². The highest BCUT2D eigenvalue weighted by molar-refractivity contribution is 5.95. The van der Waals surface area contributed by atoms with Gasteiger partial charge in [-0.05, 0) is 43.5 Å². The van der Waals surface area contributed by atoms with E-state index >= 15 is 0 Å². The lowest BCUT2D eigenvalue weighted by molar-refractivity contribution is -0.147. The van der Waals surface area contributed by atoms with Gasteiger partial charge in [-0.25, -0.2) is 4.39 Å². The molecule has 0 bridgehead atoms. The van der Waals surface area contributed by atoms with E-state index in [9.17, 15) is 19.1 Å². The predicted molar refractivity (Wildman–Crippen MR) is 72.9 cm³/mol. The fourth-order valence-corrected chi connectivity index (χ4v) is 2.70. The molecule has 0 spiro atoms. The summed E-state index contributed by atoms with van der Waals surface area (Å²) in [6, 6.07) is 4.32. The number of hydrogen-bond donors (Lipinski definition) is 2. The molecule has 4 nitrogen and oxygen atoms in total. The molecule has 2 rings (SSSR count). The quantitative estimate of drug-likeness (QED) is 0.894. The first-order valence-corrected chi connectivity index (χ1v) is 6.79. The largest absolute Gasteiger partial charge is 0.481 e. The van der Waals surface area contributed by atoms with Crippen molar-refractivity contribution in [1.29, 1.82) is 0 Å². The van der Waals surface area contributed by atoms with Gasteiger partial charge in [0.1, 0.15) is 5.82 Å². The number of rotatable bonds is 3. The van der Waals surface area contributed by atoms with Gasteiger partial charge < -0.3 is 10.4 Å². The van der Waals surface area contributed by atoms with Crippen LogP contribution in [0.3, 0.4) is 0 Å². The molecular formula is C15H18FNO3. The standard InChI is InChI=1S/C15H18FNO3/c1-9-8-10(6-7-13(9)16)17-14(18)11-4-2-3-5-12(11)15(19)20/h6-8,11-12H,2-5H2,1H3,(H,17,18)(H,19,20). The summed E-state index contributed by atoms with van der Waals surface area (Å²) < 4.78 is 13.2.